The molecule has 158 valence electrons. The van der Waals surface area contributed by atoms with Crippen molar-refractivity contribution >= 4 is 21.8 Å². The van der Waals surface area contributed by atoms with Gasteiger partial charge in [-0.25, -0.2) is 0 Å². The second-order valence-corrected chi connectivity index (χ2v) is 10.2. The van der Waals surface area contributed by atoms with E-state index >= 15 is 0 Å². The van der Waals surface area contributed by atoms with Gasteiger partial charge in [-0.1, -0.05) is 56.3 Å². The van der Waals surface area contributed by atoms with Gasteiger partial charge in [0.1, 0.15) is 4.90 Å². The second-order valence-electron chi connectivity index (χ2n) is 8.64. The van der Waals surface area contributed by atoms with Crippen LogP contribution in [-0.2, 0) is 20.2 Å². The Morgan fingerprint density at radius 2 is 1.83 bits per heavy atom. The number of rotatable bonds is 4. The number of likely N-dealkylation sites (tertiary alicyclic amines) is 1. The summed E-state index contributed by atoms with van der Waals surface area (Å²) in [5.74, 6) is 0.287. The number of hydrogen-bond acceptors (Lipinski definition) is 4. The first-order chi connectivity index (χ1) is 14.3. The SMILES string of the molecule is CC(C)(CNC(=O)C1CCCN(C2=NS(=O)(=O)c3ccccc32)C1)c1ccccc1. The fraction of sp³-hybridized carbons (Fsp3) is 0.391. The van der Waals surface area contributed by atoms with E-state index in [2.05, 4.69) is 35.7 Å². The molecule has 1 saturated heterocycles. The Balaban J connectivity index is 1.44. The van der Waals surface area contributed by atoms with Gasteiger partial charge < -0.3 is 10.2 Å². The maximum Gasteiger partial charge on any atom is 0.285 e. The zero-order valence-corrected chi connectivity index (χ0v) is 18.2. The van der Waals surface area contributed by atoms with Crippen LogP contribution in [0.3, 0.4) is 0 Å². The highest BCUT2D eigenvalue weighted by Crippen LogP contribution is 2.30. The lowest BCUT2D eigenvalue weighted by Crippen LogP contribution is -2.47. The van der Waals surface area contributed by atoms with Crippen LogP contribution in [0.5, 0.6) is 0 Å². The van der Waals surface area contributed by atoms with Gasteiger partial charge in [-0.05, 0) is 30.5 Å². The van der Waals surface area contributed by atoms with E-state index in [1.807, 2.05) is 29.2 Å². The molecule has 1 unspecified atom stereocenters. The molecule has 0 radical (unpaired) electrons. The van der Waals surface area contributed by atoms with Crippen molar-refractivity contribution in [1.29, 1.82) is 0 Å². The van der Waals surface area contributed by atoms with E-state index in [4.69, 9.17) is 0 Å². The molecule has 30 heavy (non-hydrogen) atoms. The van der Waals surface area contributed by atoms with Crippen molar-refractivity contribution in [2.24, 2.45) is 10.3 Å². The minimum Gasteiger partial charge on any atom is -0.355 e. The fourth-order valence-corrected chi connectivity index (χ4v) is 5.37. The number of amidine groups is 1. The molecule has 6 nitrogen and oxygen atoms in total. The van der Waals surface area contributed by atoms with Crippen LogP contribution in [0.4, 0.5) is 0 Å². The summed E-state index contributed by atoms with van der Waals surface area (Å²) in [6.07, 6.45) is 1.61. The second kappa shape index (κ2) is 7.87. The van der Waals surface area contributed by atoms with Crippen LogP contribution in [0.2, 0.25) is 0 Å². The molecule has 0 bridgehead atoms. The predicted octanol–water partition coefficient (Wildman–Crippen LogP) is 2.94. The van der Waals surface area contributed by atoms with Crippen LogP contribution in [0, 0.1) is 5.92 Å². The average Bonchev–Trinajstić information content (AvgIpc) is 3.04. The van der Waals surface area contributed by atoms with Gasteiger partial charge in [-0.2, -0.15) is 8.42 Å². The molecule has 1 fully saturated rings. The Bertz CT molecular complexity index is 1080. The maximum absolute atomic E-state index is 12.9. The molecule has 0 saturated carbocycles. The van der Waals surface area contributed by atoms with Crippen LogP contribution in [-0.4, -0.2) is 44.7 Å². The van der Waals surface area contributed by atoms with E-state index in [1.165, 1.54) is 5.56 Å². The molecule has 0 aliphatic carbocycles. The first-order valence-corrected chi connectivity index (χ1v) is 11.7. The smallest absolute Gasteiger partial charge is 0.285 e. The van der Waals surface area contributed by atoms with Gasteiger partial charge in [0, 0.05) is 30.6 Å². The molecule has 2 heterocycles. The van der Waals surface area contributed by atoms with E-state index in [0.29, 0.717) is 31.0 Å². The highest BCUT2D eigenvalue weighted by Gasteiger charge is 2.35. The lowest BCUT2D eigenvalue weighted by molar-refractivity contribution is -0.126. The Hall–Kier alpha value is -2.67. The van der Waals surface area contributed by atoms with Crippen molar-refractivity contribution < 1.29 is 13.2 Å². The first kappa shape index (κ1) is 20.6. The number of piperidine rings is 1. The zero-order chi connectivity index (χ0) is 21.4. The number of benzene rings is 2. The third-order valence-electron chi connectivity index (χ3n) is 5.96. The van der Waals surface area contributed by atoms with Crippen molar-refractivity contribution in [2.45, 2.75) is 37.0 Å². The van der Waals surface area contributed by atoms with Crippen LogP contribution in [0.15, 0.2) is 63.9 Å². The van der Waals surface area contributed by atoms with Gasteiger partial charge in [0.2, 0.25) is 5.91 Å². The van der Waals surface area contributed by atoms with E-state index in [-0.39, 0.29) is 22.1 Å². The van der Waals surface area contributed by atoms with Gasteiger partial charge in [0.25, 0.3) is 10.0 Å². The standard InChI is InChI=1S/C23H27N3O3S/c1-23(2,18-10-4-3-5-11-18)16-24-22(27)17-9-8-14-26(15-17)21-19-12-6-7-13-20(19)30(28,29)25-21/h3-7,10-13,17H,8-9,14-16H2,1-2H3,(H,24,27). The van der Waals surface area contributed by atoms with E-state index in [9.17, 15) is 13.2 Å². The van der Waals surface area contributed by atoms with Crippen LogP contribution >= 0.6 is 0 Å². The lowest BCUT2D eigenvalue weighted by Gasteiger charge is -2.34. The Morgan fingerprint density at radius 3 is 2.60 bits per heavy atom. The topological polar surface area (TPSA) is 78.8 Å². The number of hydrogen-bond donors (Lipinski definition) is 1. The molecular weight excluding hydrogens is 398 g/mol. The Morgan fingerprint density at radius 1 is 1.13 bits per heavy atom. The summed E-state index contributed by atoms with van der Waals surface area (Å²) in [7, 11) is -3.66. The summed E-state index contributed by atoms with van der Waals surface area (Å²) in [6, 6.07) is 17.0. The van der Waals surface area contributed by atoms with Crippen molar-refractivity contribution in [3.63, 3.8) is 0 Å². The summed E-state index contributed by atoms with van der Waals surface area (Å²) in [5.41, 5.74) is 1.63. The summed E-state index contributed by atoms with van der Waals surface area (Å²) in [5, 5.41) is 3.11. The van der Waals surface area contributed by atoms with Crippen molar-refractivity contribution in [2.75, 3.05) is 19.6 Å². The highest BCUT2D eigenvalue weighted by molar-refractivity contribution is 7.90. The molecule has 2 aliphatic rings. The molecule has 7 heteroatoms. The number of sulfonamides is 1. The van der Waals surface area contributed by atoms with E-state index in [1.54, 1.807) is 18.2 Å². The van der Waals surface area contributed by atoms with Crippen LogP contribution in [0.1, 0.15) is 37.8 Å². The monoisotopic (exact) mass is 425 g/mol. The minimum atomic E-state index is -3.66. The quantitative estimate of drug-likeness (QED) is 0.817. The van der Waals surface area contributed by atoms with Gasteiger partial charge in [-0.3, -0.25) is 4.79 Å². The summed E-state index contributed by atoms with van der Waals surface area (Å²) in [6.45, 7) is 5.95. The molecule has 0 spiro atoms. The normalized spacial score (nSPS) is 20.4. The molecule has 0 aromatic heterocycles. The molecule has 2 aliphatic heterocycles. The molecule has 2 aromatic carbocycles. The van der Waals surface area contributed by atoms with E-state index in [0.717, 1.165) is 12.8 Å². The maximum atomic E-state index is 12.9. The third kappa shape index (κ3) is 3.99. The van der Waals surface area contributed by atoms with Gasteiger partial charge in [0.15, 0.2) is 5.84 Å². The van der Waals surface area contributed by atoms with Gasteiger partial charge >= 0.3 is 0 Å². The minimum absolute atomic E-state index is 0.0124. The first-order valence-electron chi connectivity index (χ1n) is 10.3. The molecular formula is C23H27N3O3S. The van der Waals surface area contributed by atoms with Crippen molar-refractivity contribution in [1.82, 2.24) is 10.2 Å². The van der Waals surface area contributed by atoms with Crippen LogP contribution < -0.4 is 5.32 Å². The van der Waals surface area contributed by atoms with Gasteiger partial charge in [-0.15, -0.1) is 4.40 Å². The number of fused-ring (bicyclic) bond motifs is 1. The largest absolute Gasteiger partial charge is 0.355 e. The summed E-state index contributed by atoms with van der Waals surface area (Å²) < 4.78 is 28.8. The average molecular weight is 426 g/mol. The predicted molar refractivity (Wildman–Crippen MR) is 117 cm³/mol. The number of carbonyl (C=O) groups excluding carboxylic acids is 1. The fourth-order valence-electron chi connectivity index (χ4n) is 4.14. The molecule has 4 rings (SSSR count). The molecule has 1 amide bonds. The number of amides is 1. The highest BCUT2D eigenvalue weighted by atomic mass is 32.2. The summed E-state index contributed by atoms with van der Waals surface area (Å²) in [4.78, 5) is 15.1. The van der Waals surface area contributed by atoms with Crippen molar-refractivity contribution in [3.8, 4) is 0 Å². The number of nitrogens with one attached hydrogen (secondary N) is 1. The lowest BCUT2D eigenvalue weighted by atomic mass is 9.84. The van der Waals surface area contributed by atoms with Gasteiger partial charge in [0.05, 0.1) is 5.92 Å². The van der Waals surface area contributed by atoms with Crippen LogP contribution in [0.25, 0.3) is 0 Å². The van der Waals surface area contributed by atoms with E-state index < -0.39 is 10.0 Å². The Labute approximate surface area is 178 Å². The number of carbonyl (C=O) groups is 1. The number of nitrogens with zero attached hydrogens (tertiary/aromatic N) is 2. The summed E-state index contributed by atoms with van der Waals surface area (Å²) >= 11 is 0. The van der Waals surface area contributed by atoms with Crippen molar-refractivity contribution in [3.05, 3.63) is 65.7 Å². The Kier molecular flexibility index (Phi) is 5.40. The third-order valence-corrected chi connectivity index (χ3v) is 7.29. The zero-order valence-electron chi connectivity index (χ0n) is 17.3. The molecule has 1 N–H and O–H groups in total. The molecule has 1 atom stereocenters. The molecule has 2 aromatic rings.